The number of benzene rings is 2. The number of phenols is 1. The number of aromatic hydroxyl groups is 1. The number of carbonyl (C=O) groups is 1. The molecule has 10 heteroatoms. The number of ether oxygens (including phenoxy) is 3. The third-order valence-corrected chi connectivity index (χ3v) is 7.81. The number of thiazole rings is 1. The molecule has 1 atom stereocenters. The molecule has 2 aromatic carbocycles. The molecule has 0 saturated heterocycles. The van der Waals surface area contributed by atoms with Crippen LogP contribution in [-0.4, -0.2) is 48.6 Å². The lowest BCUT2D eigenvalue weighted by atomic mass is 9.95. The van der Waals surface area contributed by atoms with Crippen LogP contribution in [0.3, 0.4) is 0 Å². The van der Waals surface area contributed by atoms with Gasteiger partial charge in [-0.2, -0.15) is 0 Å². The third kappa shape index (κ3) is 6.02. The van der Waals surface area contributed by atoms with Gasteiger partial charge in [-0.05, 0) is 77.4 Å². The van der Waals surface area contributed by atoms with Crippen LogP contribution in [0.4, 0.5) is 5.69 Å². The van der Waals surface area contributed by atoms with Crippen LogP contribution < -0.4 is 29.3 Å². The van der Waals surface area contributed by atoms with E-state index in [9.17, 15) is 14.7 Å². The van der Waals surface area contributed by atoms with Crippen LogP contribution in [0.15, 0.2) is 57.5 Å². The maximum Gasteiger partial charge on any atom is 0.338 e. The Morgan fingerprint density at radius 3 is 2.37 bits per heavy atom. The second-order valence-corrected chi connectivity index (χ2v) is 10.3. The van der Waals surface area contributed by atoms with Crippen LogP contribution in [0.1, 0.15) is 58.7 Å². The summed E-state index contributed by atoms with van der Waals surface area (Å²) in [6, 6.07) is 10.0. The van der Waals surface area contributed by atoms with Crippen LogP contribution in [0.2, 0.25) is 0 Å². The Labute approximate surface area is 243 Å². The highest BCUT2D eigenvalue weighted by atomic mass is 32.1. The summed E-state index contributed by atoms with van der Waals surface area (Å²) >= 11 is 1.20. The average Bonchev–Trinajstić information content (AvgIpc) is 3.25. The van der Waals surface area contributed by atoms with E-state index in [1.165, 1.54) is 15.9 Å². The van der Waals surface area contributed by atoms with E-state index in [1.807, 2.05) is 26.0 Å². The topological polar surface area (TPSA) is 103 Å². The summed E-state index contributed by atoms with van der Waals surface area (Å²) < 4.78 is 18.9. The number of allylic oxidation sites excluding steroid dienone is 1. The SMILES string of the molecule is CCOC(=O)C1=C(C)N=c2s/c(=C\c3ccc(N(CC)CC)cc3O)c(=O)n2[C@@H]1c1ccc(OCC)c(OCC)c1. The zero-order valence-electron chi connectivity index (χ0n) is 24.4. The number of esters is 1. The van der Waals surface area contributed by atoms with Crippen molar-refractivity contribution >= 4 is 29.1 Å². The Kier molecular flexibility index (Phi) is 9.54. The highest BCUT2D eigenvalue weighted by Crippen LogP contribution is 2.36. The summed E-state index contributed by atoms with van der Waals surface area (Å²) in [5.41, 5.74) is 2.51. The number of carbonyl (C=O) groups excluding carboxylic acids is 1. The predicted molar refractivity (Wildman–Crippen MR) is 161 cm³/mol. The first-order valence-corrected chi connectivity index (χ1v) is 14.8. The van der Waals surface area contributed by atoms with Gasteiger partial charge in [-0.25, -0.2) is 9.79 Å². The van der Waals surface area contributed by atoms with Gasteiger partial charge in [0.05, 0.1) is 41.7 Å². The molecule has 0 fully saturated rings. The largest absolute Gasteiger partial charge is 0.507 e. The third-order valence-electron chi connectivity index (χ3n) is 6.83. The van der Waals surface area contributed by atoms with E-state index in [4.69, 9.17) is 14.2 Å². The highest BCUT2D eigenvalue weighted by Gasteiger charge is 2.34. The zero-order chi connectivity index (χ0) is 29.7. The number of aromatic nitrogens is 1. The Balaban J connectivity index is 1.91. The zero-order valence-corrected chi connectivity index (χ0v) is 25.2. The smallest absolute Gasteiger partial charge is 0.338 e. The molecule has 2 heterocycles. The molecule has 0 saturated carbocycles. The minimum atomic E-state index is -0.791. The molecule has 0 spiro atoms. The summed E-state index contributed by atoms with van der Waals surface area (Å²) in [6.07, 6.45) is 1.66. The summed E-state index contributed by atoms with van der Waals surface area (Å²) in [6.45, 7) is 14.0. The van der Waals surface area contributed by atoms with Crippen LogP contribution in [-0.2, 0) is 9.53 Å². The van der Waals surface area contributed by atoms with E-state index in [-0.39, 0.29) is 23.5 Å². The van der Waals surface area contributed by atoms with Crippen molar-refractivity contribution in [3.05, 3.63) is 78.5 Å². The van der Waals surface area contributed by atoms with Crippen molar-refractivity contribution in [3.63, 3.8) is 0 Å². The quantitative estimate of drug-likeness (QED) is 0.341. The normalized spacial score (nSPS) is 14.9. The van der Waals surface area contributed by atoms with E-state index in [2.05, 4.69) is 23.7 Å². The Hall–Kier alpha value is -4.05. The first-order chi connectivity index (χ1) is 19.8. The molecule has 0 radical (unpaired) electrons. The fraction of sp³-hybridized carbons (Fsp3) is 0.387. The lowest BCUT2D eigenvalue weighted by molar-refractivity contribution is -0.139. The number of nitrogens with zero attached hydrogens (tertiary/aromatic N) is 3. The number of hydrogen-bond donors (Lipinski definition) is 1. The predicted octanol–water partition coefficient (Wildman–Crippen LogP) is 4.15. The molecule has 1 aromatic heterocycles. The maximum atomic E-state index is 14.0. The first-order valence-electron chi connectivity index (χ1n) is 13.9. The molecular formula is C31H37N3O6S. The van der Waals surface area contributed by atoms with Crippen LogP contribution in [0.5, 0.6) is 17.2 Å². The fourth-order valence-electron chi connectivity index (χ4n) is 4.93. The number of phenolic OH excluding ortho intramolecular Hbond substituents is 1. The molecule has 0 unspecified atom stereocenters. The minimum Gasteiger partial charge on any atom is -0.507 e. The van der Waals surface area contributed by atoms with Gasteiger partial charge in [0.1, 0.15) is 5.75 Å². The standard InChI is InChI=1S/C31H37N3O6S/c1-7-33(8-2)22-14-12-20(23(35)18-22)17-26-29(36)34-28(21-13-15-24(38-9-3)25(16-21)39-10-4)27(30(37)40-11-5)19(6)32-31(34)41-26/h12-18,28,35H,7-11H2,1-6H3/b26-17-/t28-/m1/s1. The van der Waals surface area contributed by atoms with Crippen molar-refractivity contribution in [2.45, 2.75) is 47.6 Å². The van der Waals surface area contributed by atoms with Crippen molar-refractivity contribution in [1.29, 1.82) is 0 Å². The van der Waals surface area contributed by atoms with Gasteiger partial charge in [-0.1, -0.05) is 17.4 Å². The first kappa shape index (κ1) is 29.9. The molecule has 1 aliphatic rings. The number of hydrogen-bond acceptors (Lipinski definition) is 9. The summed E-state index contributed by atoms with van der Waals surface area (Å²) in [7, 11) is 0. The Bertz CT molecular complexity index is 1630. The maximum absolute atomic E-state index is 14.0. The summed E-state index contributed by atoms with van der Waals surface area (Å²) in [4.78, 5) is 34.4. The van der Waals surface area contributed by atoms with Crippen molar-refractivity contribution < 1.29 is 24.1 Å². The van der Waals surface area contributed by atoms with Gasteiger partial charge in [-0.3, -0.25) is 9.36 Å². The van der Waals surface area contributed by atoms with Crippen molar-refractivity contribution in [2.75, 3.05) is 37.8 Å². The van der Waals surface area contributed by atoms with E-state index in [0.29, 0.717) is 50.9 Å². The number of rotatable bonds is 11. The van der Waals surface area contributed by atoms with Crippen molar-refractivity contribution in [2.24, 2.45) is 4.99 Å². The van der Waals surface area contributed by atoms with Gasteiger partial charge in [0.15, 0.2) is 16.3 Å². The lowest BCUT2D eigenvalue weighted by Gasteiger charge is -2.25. The van der Waals surface area contributed by atoms with Gasteiger partial charge in [0, 0.05) is 30.4 Å². The van der Waals surface area contributed by atoms with E-state index in [1.54, 1.807) is 44.2 Å². The summed E-state index contributed by atoms with van der Waals surface area (Å²) in [5.74, 6) is 0.634. The van der Waals surface area contributed by atoms with Gasteiger partial charge in [-0.15, -0.1) is 0 Å². The van der Waals surface area contributed by atoms with E-state index in [0.717, 1.165) is 18.8 Å². The van der Waals surface area contributed by atoms with Gasteiger partial charge in [0.25, 0.3) is 5.56 Å². The fourth-order valence-corrected chi connectivity index (χ4v) is 5.96. The van der Waals surface area contributed by atoms with E-state index < -0.39 is 12.0 Å². The number of fused-ring (bicyclic) bond motifs is 1. The molecule has 3 aromatic rings. The lowest BCUT2D eigenvalue weighted by Crippen LogP contribution is -2.40. The number of anilines is 1. The minimum absolute atomic E-state index is 0.0769. The second kappa shape index (κ2) is 13.1. The monoisotopic (exact) mass is 579 g/mol. The molecule has 218 valence electrons. The highest BCUT2D eigenvalue weighted by molar-refractivity contribution is 7.07. The van der Waals surface area contributed by atoms with Crippen molar-refractivity contribution in [3.8, 4) is 17.2 Å². The molecule has 41 heavy (non-hydrogen) atoms. The van der Waals surface area contributed by atoms with Crippen LogP contribution in [0, 0.1) is 0 Å². The molecule has 4 rings (SSSR count). The summed E-state index contributed by atoms with van der Waals surface area (Å²) in [5, 5.41) is 10.8. The molecule has 0 amide bonds. The average molecular weight is 580 g/mol. The van der Waals surface area contributed by atoms with Crippen LogP contribution >= 0.6 is 11.3 Å². The molecule has 0 aliphatic carbocycles. The second-order valence-electron chi connectivity index (χ2n) is 9.29. The van der Waals surface area contributed by atoms with E-state index >= 15 is 0 Å². The molecule has 9 nitrogen and oxygen atoms in total. The van der Waals surface area contributed by atoms with Crippen molar-refractivity contribution in [1.82, 2.24) is 4.57 Å². The Morgan fingerprint density at radius 1 is 1.02 bits per heavy atom. The molecular weight excluding hydrogens is 542 g/mol. The van der Waals surface area contributed by atoms with Crippen LogP contribution in [0.25, 0.3) is 6.08 Å². The van der Waals surface area contributed by atoms with Gasteiger partial charge in [0.2, 0.25) is 0 Å². The molecule has 1 N–H and O–H groups in total. The Morgan fingerprint density at radius 2 is 1.73 bits per heavy atom. The van der Waals surface area contributed by atoms with Gasteiger partial charge < -0.3 is 24.2 Å². The molecule has 1 aliphatic heterocycles. The van der Waals surface area contributed by atoms with Gasteiger partial charge >= 0.3 is 5.97 Å². The molecule has 0 bridgehead atoms.